The van der Waals surface area contributed by atoms with Crippen molar-refractivity contribution in [2.24, 2.45) is 12.1 Å². The van der Waals surface area contributed by atoms with Crippen molar-refractivity contribution in [2.45, 2.75) is 0 Å². The molecule has 0 unspecified atom stereocenters. The standard InChI is InChI=1S/C17H13BrN6/c1-24-14-9-5-3-7-12(14)15-16(24)20-17(23-21-15)22-19-10-11-6-2-4-8-13(11)18/h2-10H,1H3,(H,20,22,23)/b19-10+. The highest BCUT2D eigenvalue weighted by Gasteiger charge is 2.11. The van der Waals surface area contributed by atoms with Crippen LogP contribution in [-0.2, 0) is 7.05 Å². The molecule has 4 aromatic rings. The number of hydrazone groups is 1. The van der Waals surface area contributed by atoms with Crippen LogP contribution in [0.2, 0.25) is 0 Å². The molecule has 7 heteroatoms. The van der Waals surface area contributed by atoms with Crippen molar-refractivity contribution < 1.29 is 0 Å². The van der Waals surface area contributed by atoms with E-state index in [1.807, 2.05) is 60.1 Å². The average Bonchev–Trinajstić information content (AvgIpc) is 2.90. The second-order valence-corrected chi connectivity index (χ2v) is 6.13. The van der Waals surface area contributed by atoms with Crippen LogP contribution in [0.15, 0.2) is 58.1 Å². The largest absolute Gasteiger partial charge is 0.327 e. The van der Waals surface area contributed by atoms with Crippen LogP contribution >= 0.6 is 15.9 Å². The first-order chi connectivity index (χ1) is 11.7. The lowest BCUT2D eigenvalue weighted by atomic mass is 10.2. The Bertz CT molecular complexity index is 1070. The lowest BCUT2D eigenvalue weighted by Gasteiger charge is -2.00. The quantitative estimate of drug-likeness (QED) is 0.434. The molecule has 0 aliphatic carbocycles. The Labute approximate surface area is 146 Å². The van der Waals surface area contributed by atoms with Gasteiger partial charge < -0.3 is 4.57 Å². The number of anilines is 1. The lowest BCUT2D eigenvalue weighted by molar-refractivity contribution is 0.949. The molecule has 0 aliphatic heterocycles. The van der Waals surface area contributed by atoms with Crippen molar-refractivity contribution in [3.8, 4) is 0 Å². The van der Waals surface area contributed by atoms with E-state index in [2.05, 4.69) is 41.6 Å². The highest BCUT2D eigenvalue weighted by atomic mass is 79.9. The number of rotatable bonds is 3. The van der Waals surface area contributed by atoms with Crippen LogP contribution in [0.4, 0.5) is 5.95 Å². The van der Waals surface area contributed by atoms with Crippen molar-refractivity contribution in [1.29, 1.82) is 0 Å². The molecule has 0 atom stereocenters. The molecule has 0 amide bonds. The maximum absolute atomic E-state index is 4.52. The van der Waals surface area contributed by atoms with E-state index in [1.54, 1.807) is 6.21 Å². The minimum absolute atomic E-state index is 0.358. The summed E-state index contributed by atoms with van der Waals surface area (Å²) in [6.07, 6.45) is 1.71. The predicted molar refractivity (Wildman–Crippen MR) is 99.2 cm³/mol. The van der Waals surface area contributed by atoms with E-state index >= 15 is 0 Å². The molecule has 0 fully saturated rings. The number of para-hydroxylation sites is 1. The maximum Gasteiger partial charge on any atom is 0.265 e. The molecule has 2 aromatic heterocycles. The normalized spacial score (nSPS) is 11.6. The van der Waals surface area contributed by atoms with Crippen LogP contribution in [0, 0.1) is 0 Å². The first kappa shape index (κ1) is 14.8. The molecular weight excluding hydrogens is 368 g/mol. The van der Waals surface area contributed by atoms with Gasteiger partial charge in [0.25, 0.3) is 5.95 Å². The zero-order chi connectivity index (χ0) is 16.5. The zero-order valence-corrected chi connectivity index (χ0v) is 14.4. The first-order valence-electron chi connectivity index (χ1n) is 7.35. The van der Waals surface area contributed by atoms with E-state index in [-0.39, 0.29) is 0 Å². The van der Waals surface area contributed by atoms with Gasteiger partial charge in [-0.3, -0.25) is 0 Å². The van der Waals surface area contributed by atoms with Crippen molar-refractivity contribution in [3.05, 3.63) is 58.6 Å². The monoisotopic (exact) mass is 380 g/mol. The number of nitrogens with one attached hydrogen (secondary N) is 1. The van der Waals surface area contributed by atoms with Crippen LogP contribution in [0.5, 0.6) is 0 Å². The summed E-state index contributed by atoms with van der Waals surface area (Å²) in [5.74, 6) is 0.358. The fraction of sp³-hybridized carbons (Fsp3) is 0.0588. The van der Waals surface area contributed by atoms with Crippen molar-refractivity contribution in [1.82, 2.24) is 19.7 Å². The fourth-order valence-electron chi connectivity index (χ4n) is 2.59. The van der Waals surface area contributed by atoms with Crippen molar-refractivity contribution in [3.63, 3.8) is 0 Å². The molecular formula is C17H13BrN6. The Hall–Kier alpha value is -2.80. The molecule has 118 valence electrons. The van der Waals surface area contributed by atoms with Gasteiger partial charge in [-0.1, -0.05) is 52.3 Å². The van der Waals surface area contributed by atoms with Gasteiger partial charge in [0.2, 0.25) is 0 Å². The number of hydrogen-bond acceptors (Lipinski definition) is 5. The average molecular weight is 381 g/mol. The summed E-state index contributed by atoms with van der Waals surface area (Å²) in [5, 5.41) is 13.6. The zero-order valence-electron chi connectivity index (χ0n) is 12.8. The van der Waals surface area contributed by atoms with E-state index in [4.69, 9.17) is 0 Å². The van der Waals surface area contributed by atoms with Crippen molar-refractivity contribution >= 4 is 50.2 Å². The molecule has 0 spiro atoms. The Morgan fingerprint density at radius 1 is 1.08 bits per heavy atom. The number of hydrogen-bond donors (Lipinski definition) is 1. The third kappa shape index (κ3) is 2.52. The summed E-state index contributed by atoms with van der Waals surface area (Å²) < 4.78 is 2.97. The fourth-order valence-corrected chi connectivity index (χ4v) is 2.98. The second kappa shape index (κ2) is 6.01. The topological polar surface area (TPSA) is 68.0 Å². The molecule has 2 heterocycles. The molecule has 0 aliphatic rings. The smallest absolute Gasteiger partial charge is 0.265 e. The highest BCUT2D eigenvalue weighted by Crippen LogP contribution is 2.24. The SMILES string of the molecule is Cn1c2ccccc2c2nnc(N/N=C/c3ccccc3Br)nc21. The van der Waals surface area contributed by atoms with E-state index in [0.29, 0.717) is 5.95 Å². The lowest BCUT2D eigenvalue weighted by Crippen LogP contribution is -2.00. The van der Waals surface area contributed by atoms with Gasteiger partial charge in [-0.2, -0.15) is 10.1 Å². The van der Waals surface area contributed by atoms with Gasteiger partial charge in [0, 0.05) is 22.5 Å². The third-order valence-electron chi connectivity index (χ3n) is 3.78. The van der Waals surface area contributed by atoms with Gasteiger partial charge >= 0.3 is 0 Å². The van der Waals surface area contributed by atoms with Crippen molar-refractivity contribution in [2.75, 3.05) is 5.43 Å². The number of halogens is 1. The number of nitrogens with zero attached hydrogens (tertiary/aromatic N) is 5. The number of aryl methyl sites for hydroxylation is 1. The molecule has 0 saturated carbocycles. The van der Waals surface area contributed by atoms with E-state index in [9.17, 15) is 0 Å². The molecule has 2 aromatic carbocycles. The van der Waals surface area contributed by atoms with Gasteiger partial charge in [-0.05, 0) is 12.1 Å². The minimum atomic E-state index is 0.358. The van der Waals surface area contributed by atoms with Crippen LogP contribution in [0.1, 0.15) is 5.56 Å². The van der Waals surface area contributed by atoms with Gasteiger partial charge in [0.05, 0.1) is 11.7 Å². The van der Waals surface area contributed by atoms with Crippen LogP contribution in [-0.4, -0.2) is 26.0 Å². The first-order valence-corrected chi connectivity index (χ1v) is 8.15. The summed E-state index contributed by atoms with van der Waals surface area (Å²) in [5.41, 5.74) is 6.42. The van der Waals surface area contributed by atoms with Gasteiger partial charge in [0.15, 0.2) is 5.65 Å². The van der Waals surface area contributed by atoms with E-state index in [0.717, 1.165) is 32.1 Å². The van der Waals surface area contributed by atoms with Gasteiger partial charge in [-0.25, -0.2) is 5.43 Å². The number of benzene rings is 2. The molecule has 24 heavy (non-hydrogen) atoms. The Balaban J connectivity index is 1.67. The molecule has 6 nitrogen and oxygen atoms in total. The Kier molecular flexibility index (Phi) is 3.70. The van der Waals surface area contributed by atoms with Gasteiger partial charge in [-0.15, -0.1) is 10.2 Å². The summed E-state index contributed by atoms with van der Waals surface area (Å²) >= 11 is 3.48. The highest BCUT2D eigenvalue weighted by molar-refractivity contribution is 9.10. The van der Waals surface area contributed by atoms with Crippen LogP contribution < -0.4 is 5.43 Å². The summed E-state index contributed by atoms with van der Waals surface area (Å²) in [6, 6.07) is 15.9. The van der Waals surface area contributed by atoms with E-state index < -0.39 is 0 Å². The molecule has 4 rings (SSSR count). The predicted octanol–water partition coefficient (Wildman–Crippen LogP) is 3.73. The minimum Gasteiger partial charge on any atom is -0.327 e. The van der Waals surface area contributed by atoms with Crippen LogP contribution in [0.3, 0.4) is 0 Å². The summed E-state index contributed by atoms with van der Waals surface area (Å²) in [4.78, 5) is 4.52. The summed E-state index contributed by atoms with van der Waals surface area (Å²) in [7, 11) is 1.97. The molecule has 0 bridgehead atoms. The summed E-state index contributed by atoms with van der Waals surface area (Å²) in [6.45, 7) is 0. The second-order valence-electron chi connectivity index (χ2n) is 5.28. The Morgan fingerprint density at radius 3 is 2.75 bits per heavy atom. The maximum atomic E-state index is 4.52. The van der Waals surface area contributed by atoms with E-state index in [1.165, 1.54) is 0 Å². The molecule has 0 saturated heterocycles. The number of aromatic nitrogens is 4. The Morgan fingerprint density at radius 2 is 1.88 bits per heavy atom. The molecule has 1 N–H and O–H groups in total. The third-order valence-corrected chi connectivity index (χ3v) is 4.50. The number of fused-ring (bicyclic) bond motifs is 3. The molecule has 0 radical (unpaired) electrons. The van der Waals surface area contributed by atoms with Gasteiger partial charge in [0.1, 0.15) is 5.52 Å². The van der Waals surface area contributed by atoms with Crippen LogP contribution in [0.25, 0.3) is 22.1 Å².